The molecule has 0 aliphatic rings. The highest BCUT2D eigenvalue weighted by Gasteiger charge is 2.21. The van der Waals surface area contributed by atoms with Crippen molar-refractivity contribution in [3.63, 3.8) is 0 Å². The fraction of sp³-hybridized carbons (Fsp3) is 0.333. The maximum atomic E-state index is 11.7. The molecule has 0 bridgehead atoms. The largest absolute Gasteiger partial charge is 0.494 e. The van der Waals surface area contributed by atoms with Crippen molar-refractivity contribution in [2.45, 2.75) is 26.8 Å². The molecule has 1 unspecified atom stereocenters. The molecule has 1 amide bonds. The van der Waals surface area contributed by atoms with Crippen molar-refractivity contribution in [1.29, 1.82) is 0 Å². The van der Waals surface area contributed by atoms with E-state index in [0.717, 1.165) is 6.29 Å². The minimum atomic E-state index is -0.678. The second-order valence-corrected chi connectivity index (χ2v) is 6.03. The van der Waals surface area contributed by atoms with Gasteiger partial charge < -0.3 is 20.6 Å². The van der Waals surface area contributed by atoms with E-state index >= 15 is 0 Å². The SMILES string of the molecule is CCOc1cccc(Nc2nc(N(N)[C@H](C)C(C)C=O)ncc2C(N)=O)c1. The monoisotopic (exact) mass is 372 g/mol. The predicted octanol–water partition coefficient (Wildman–Crippen LogP) is 1.62. The fourth-order valence-electron chi connectivity index (χ4n) is 2.29. The Morgan fingerprint density at radius 3 is 2.78 bits per heavy atom. The average molecular weight is 372 g/mol. The summed E-state index contributed by atoms with van der Waals surface area (Å²) >= 11 is 0. The minimum Gasteiger partial charge on any atom is -0.494 e. The quantitative estimate of drug-likeness (QED) is 0.343. The third-order valence-corrected chi connectivity index (χ3v) is 4.09. The van der Waals surface area contributed by atoms with E-state index in [4.69, 9.17) is 16.3 Å². The van der Waals surface area contributed by atoms with Gasteiger partial charge in [-0.1, -0.05) is 13.0 Å². The lowest BCUT2D eigenvalue weighted by molar-refractivity contribution is -0.111. The Kier molecular flexibility index (Phi) is 6.67. The number of benzene rings is 1. The Morgan fingerprint density at radius 2 is 2.15 bits per heavy atom. The molecule has 0 radical (unpaired) electrons. The summed E-state index contributed by atoms with van der Waals surface area (Å²) in [5, 5.41) is 4.33. The first kappa shape index (κ1) is 20.1. The number of amides is 1. The van der Waals surface area contributed by atoms with Gasteiger partial charge >= 0.3 is 0 Å². The number of hydrazine groups is 1. The highest BCUT2D eigenvalue weighted by molar-refractivity contribution is 5.98. The molecule has 2 rings (SSSR count). The zero-order valence-electron chi connectivity index (χ0n) is 15.5. The molecule has 27 heavy (non-hydrogen) atoms. The van der Waals surface area contributed by atoms with Gasteiger partial charge in [-0.25, -0.2) is 10.8 Å². The van der Waals surface area contributed by atoms with Crippen molar-refractivity contribution in [3.05, 3.63) is 36.0 Å². The molecule has 1 aromatic heterocycles. The normalized spacial score (nSPS) is 12.7. The zero-order valence-corrected chi connectivity index (χ0v) is 15.5. The number of ether oxygens (including phenoxy) is 1. The van der Waals surface area contributed by atoms with E-state index in [1.807, 2.05) is 19.1 Å². The Balaban J connectivity index is 2.37. The molecular formula is C18H24N6O3. The van der Waals surface area contributed by atoms with Crippen LogP contribution in [0.1, 0.15) is 31.1 Å². The van der Waals surface area contributed by atoms with E-state index in [9.17, 15) is 9.59 Å². The Hall–Kier alpha value is -3.20. The summed E-state index contributed by atoms with van der Waals surface area (Å²) in [4.78, 5) is 31.2. The summed E-state index contributed by atoms with van der Waals surface area (Å²) in [6, 6.07) is 6.86. The lowest BCUT2D eigenvalue weighted by atomic mass is 10.1. The van der Waals surface area contributed by atoms with Crippen molar-refractivity contribution in [2.24, 2.45) is 17.5 Å². The number of primary amides is 1. The van der Waals surface area contributed by atoms with Crippen molar-refractivity contribution in [3.8, 4) is 5.75 Å². The first-order chi connectivity index (χ1) is 12.9. The molecule has 2 aromatic rings. The minimum absolute atomic E-state index is 0.116. The molecule has 144 valence electrons. The van der Waals surface area contributed by atoms with Crippen LogP contribution in [0.5, 0.6) is 5.75 Å². The van der Waals surface area contributed by atoms with Crippen molar-refractivity contribution in [2.75, 3.05) is 16.9 Å². The van der Waals surface area contributed by atoms with Crippen molar-refractivity contribution < 1.29 is 14.3 Å². The first-order valence-electron chi connectivity index (χ1n) is 8.53. The zero-order chi connectivity index (χ0) is 20.0. The van der Waals surface area contributed by atoms with E-state index in [2.05, 4.69) is 15.3 Å². The van der Waals surface area contributed by atoms with E-state index in [-0.39, 0.29) is 29.3 Å². The molecule has 9 heteroatoms. The Labute approximate surface area is 157 Å². The van der Waals surface area contributed by atoms with Gasteiger partial charge in [-0.3, -0.25) is 9.80 Å². The fourth-order valence-corrected chi connectivity index (χ4v) is 2.29. The number of hydrogen-bond acceptors (Lipinski definition) is 8. The summed E-state index contributed by atoms with van der Waals surface area (Å²) in [7, 11) is 0. The number of hydrogen-bond donors (Lipinski definition) is 3. The molecule has 0 fully saturated rings. The van der Waals surface area contributed by atoms with Crippen LogP contribution in [0.15, 0.2) is 30.5 Å². The second kappa shape index (κ2) is 8.95. The number of nitrogens with one attached hydrogen (secondary N) is 1. The second-order valence-electron chi connectivity index (χ2n) is 6.03. The van der Waals surface area contributed by atoms with E-state index in [1.165, 1.54) is 11.2 Å². The molecule has 2 atom stereocenters. The number of rotatable bonds is 9. The topological polar surface area (TPSA) is 136 Å². The molecule has 0 saturated heterocycles. The van der Waals surface area contributed by atoms with Gasteiger partial charge in [-0.2, -0.15) is 4.98 Å². The third kappa shape index (κ3) is 4.91. The summed E-state index contributed by atoms with van der Waals surface area (Å²) in [6.45, 7) is 5.94. The van der Waals surface area contributed by atoms with Gasteiger partial charge in [0.25, 0.3) is 5.91 Å². The van der Waals surface area contributed by atoms with E-state index in [1.54, 1.807) is 26.0 Å². The van der Waals surface area contributed by atoms with Crippen LogP contribution in [0.3, 0.4) is 0 Å². The molecular weight excluding hydrogens is 348 g/mol. The van der Waals surface area contributed by atoms with Gasteiger partial charge in [0.05, 0.1) is 12.6 Å². The summed E-state index contributed by atoms with van der Waals surface area (Å²) in [6.07, 6.45) is 2.11. The maximum absolute atomic E-state index is 11.7. The lowest BCUT2D eigenvalue weighted by Gasteiger charge is -2.26. The third-order valence-electron chi connectivity index (χ3n) is 4.09. The molecule has 9 nitrogen and oxygen atoms in total. The van der Waals surface area contributed by atoms with Gasteiger partial charge in [0.15, 0.2) is 0 Å². The summed E-state index contributed by atoms with van der Waals surface area (Å²) in [5.74, 6) is 6.09. The van der Waals surface area contributed by atoms with Crippen LogP contribution in [-0.4, -0.2) is 34.8 Å². The molecule has 0 aliphatic heterocycles. The number of carbonyl (C=O) groups excluding carboxylic acids is 2. The van der Waals surface area contributed by atoms with Crippen molar-refractivity contribution >= 4 is 29.6 Å². The van der Waals surface area contributed by atoms with Crippen LogP contribution in [0.2, 0.25) is 0 Å². The van der Waals surface area contributed by atoms with E-state index in [0.29, 0.717) is 18.0 Å². The van der Waals surface area contributed by atoms with Gasteiger partial charge in [0.2, 0.25) is 5.95 Å². The number of nitrogens with two attached hydrogens (primary N) is 2. The summed E-state index contributed by atoms with van der Waals surface area (Å²) in [5.41, 5.74) is 6.20. The smallest absolute Gasteiger partial charge is 0.254 e. The molecule has 1 heterocycles. The number of aldehydes is 1. The molecule has 0 aliphatic carbocycles. The number of anilines is 3. The van der Waals surface area contributed by atoms with Gasteiger partial charge in [-0.15, -0.1) is 0 Å². The number of aromatic nitrogens is 2. The number of carbonyl (C=O) groups is 2. The Morgan fingerprint density at radius 1 is 1.41 bits per heavy atom. The van der Waals surface area contributed by atoms with Gasteiger partial charge in [0.1, 0.15) is 23.4 Å². The first-order valence-corrected chi connectivity index (χ1v) is 8.53. The Bertz CT molecular complexity index is 813. The van der Waals surface area contributed by atoms with Gasteiger partial charge in [-0.05, 0) is 26.0 Å². The molecule has 0 saturated carbocycles. The van der Waals surface area contributed by atoms with Gasteiger partial charge in [0, 0.05) is 23.9 Å². The van der Waals surface area contributed by atoms with Crippen LogP contribution in [0, 0.1) is 5.92 Å². The van der Waals surface area contributed by atoms with Crippen molar-refractivity contribution in [1.82, 2.24) is 9.97 Å². The molecule has 1 aromatic carbocycles. The highest BCUT2D eigenvalue weighted by Crippen LogP contribution is 2.24. The molecule has 5 N–H and O–H groups in total. The van der Waals surface area contributed by atoms with Crippen LogP contribution < -0.4 is 26.6 Å². The standard InChI is InChI=1S/C18H24N6O3/c1-4-27-14-7-5-6-13(8-14)22-17-15(16(19)26)9-21-18(23-17)24(20)12(3)11(2)10-25/h5-12H,4,20H2,1-3H3,(H2,19,26)(H,21,22,23)/t11?,12-/m1/s1. The predicted molar refractivity (Wildman–Crippen MR) is 103 cm³/mol. The maximum Gasteiger partial charge on any atom is 0.254 e. The van der Waals surface area contributed by atoms with Crippen LogP contribution >= 0.6 is 0 Å². The van der Waals surface area contributed by atoms with Crippen LogP contribution in [0.4, 0.5) is 17.5 Å². The number of nitrogens with zero attached hydrogens (tertiary/aromatic N) is 3. The van der Waals surface area contributed by atoms with Crippen LogP contribution in [0.25, 0.3) is 0 Å². The molecule has 0 spiro atoms. The van der Waals surface area contributed by atoms with E-state index < -0.39 is 5.91 Å². The summed E-state index contributed by atoms with van der Waals surface area (Å²) < 4.78 is 5.47. The average Bonchev–Trinajstić information content (AvgIpc) is 2.66. The van der Waals surface area contributed by atoms with Crippen LogP contribution in [-0.2, 0) is 4.79 Å². The highest BCUT2D eigenvalue weighted by atomic mass is 16.5. The lowest BCUT2D eigenvalue weighted by Crippen LogP contribution is -2.44.